The number of halogens is 2. The van der Waals surface area contributed by atoms with Crippen molar-refractivity contribution in [2.24, 2.45) is 0 Å². The number of nitrogens with two attached hydrogens (primary N) is 1. The molecule has 0 spiro atoms. The molecule has 1 aromatic carbocycles. The molecule has 0 bridgehead atoms. The molecule has 4 nitrogen and oxygen atoms in total. The van der Waals surface area contributed by atoms with Crippen molar-refractivity contribution in [1.82, 2.24) is 0 Å². The highest BCUT2D eigenvalue weighted by atomic mass is 35.5. The number of esters is 1. The van der Waals surface area contributed by atoms with Gasteiger partial charge in [-0.15, -0.1) is 0 Å². The maximum Gasteiger partial charge on any atom is 0.350 e. The Bertz CT molecular complexity index is 488. The van der Waals surface area contributed by atoms with Crippen molar-refractivity contribution in [3.8, 4) is 5.75 Å². The third-order valence-corrected chi connectivity index (χ3v) is 3.00. The Balaban J connectivity index is 2.19. The summed E-state index contributed by atoms with van der Waals surface area (Å²) < 4.78 is 23.6. The van der Waals surface area contributed by atoms with Gasteiger partial charge in [-0.05, 0) is 13.0 Å². The summed E-state index contributed by atoms with van der Waals surface area (Å²) >= 11 is 5.84. The van der Waals surface area contributed by atoms with Crippen LogP contribution in [0.4, 0.5) is 10.1 Å². The van der Waals surface area contributed by atoms with Gasteiger partial charge in [0.1, 0.15) is 11.6 Å². The Kier molecular flexibility index (Phi) is 3.34. The minimum Gasteiger partial charge on any atom is -0.474 e. The predicted octanol–water partition coefficient (Wildman–Crippen LogP) is 2.54. The lowest BCUT2D eigenvalue weighted by Crippen LogP contribution is -2.31. The number of hydrogen-bond donors (Lipinski definition) is 1. The van der Waals surface area contributed by atoms with E-state index in [2.05, 4.69) is 0 Å². The molecular formula is C12H13ClFNO3. The Morgan fingerprint density at radius 3 is 2.78 bits per heavy atom. The minimum absolute atomic E-state index is 0.0749. The van der Waals surface area contributed by atoms with E-state index in [1.807, 2.05) is 0 Å². The summed E-state index contributed by atoms with van der Waals surface area (Å²) in [6.07, 6.45) is 1.11. The Morgan fingerprint density at radius 1 is 1.56 bits per heavy atom. The predicted molar refractivity (Wildman–Crippen MR) is 65.0 cm³/mol. The molecule has 0 saturated heterocycles. The summed E-state index contributed by atoms with van der Waals surface area (Å²) in [6, 6.07) is 2.34. The third kappa shape index (κ3) is 2.36. The summed E-state index contributed by atoms with van der Waals surface area (Å²) in [5.74, 6) is -0.849. The third-order valence-electron chi connectivity index (χ3n) is 2.71. The molecule has 1 aliphatic rings. The van der Waals surface area contributed by atoms with E-state index in [1.165, 1.54) is 6.07 Å². The van der Waals surface area contributed by atoms with E-state index in [4.69, 9.17) is 26.8 Å². The minimum atomic E-state index is -0.982. The van der Waals surface area contributed by atoms with Crippen LogP contribution in [0.25, 0.3) is 0 Å². The average molecular weight is 274 g/mol. The molecule has 0 amide bonds. The molecule has 1 fully saturated rings. The van der Waals surface area contributed by atoms with Gasteiger partial charge in [0, 0.05) is 18.9 Å². The maximum atomic E-state index is 13.1. The van der Waals surface area contributed by atoms with Crippen molar-refractivity contribution in [1.29, 1.82) is 0 Å². The first-order chi connectivity index (χ1) is 8.48. The van der Waals surface area contributed by atoms with Crippen LogP contribution in [-0.4, -0.2) is 18.2 Å². The van der Waals surface area contributed by atoms with Gasteiger partial charge in [0.25, 0.3) is 0 Å². The summed E-state index contributed by atoms with van der Waals surface area (Å²) in [4.78, 5) is 11.7. The second kappa shape index (κ2) is 4.65. The standard InChI is InChI=1S/C12H13ClFNO3/c1-2-17-11(16)12(3-4-12)18-10-6-9(15)8(14)5-7(10)13/h5-6H,2-4,15H2,1H3. The van der Waals surface area contributed by atoms with E-state index in [9.17, 15) is 9.18 Å². The zero-order valence-electron chi connectivity index (χ0n) is 9.83. The van der Waals surface area contributed by atoms with Crippen LogP contribution in [0.15, 0.2) is 12.1 Å². The first-order valence-corrected chi connectivity index (χ1v) is 5.97. The molecule has 0 heterocycles. The number of benzene rings is 1. The second-order valence-electron chi connectivity index (χ2n) is 4.12. The molecule has 6 heteroatoms. The fraction of sp³-hybridized carbons (Fsp3) is 0.417. The number of ether oxygens (including phenoxy) is 2. The van der Waals surface area contributed by atoms with Gasteiger partial charge in [-0.25, -0.2) is 9.18 Å². The summed E-state index contributed by atoms with van der Waals surface area (Å²) in [7, 11) is 0. The van der Waals surface area contributed by atoms with Crippen molar-refractivity contribution in [3.05, 3.63) is 23.0 Å². The smallest absolute Gasteiger partial charge is 0.350 e. The zero-order valence-corrected chi connectivity index (χ0v) is 10.6. The van der Waals surface area contributed by atoms with Crippen LogP contribution in [0.5, 0.6) is 5.75 Å². The Hall–Kier alpha value is -1.49. The average Bonchev–Trinajstić information content (AvgIpc) is 3.07. The fourth-order valence-corrected chi connectivity index (χ4v) is 1.75. The quantitative estimate of drug-likeness (QED) is 0.676. The molecule has 1 aliphatic carbocycles. The van der Waals surface area contributed by atoms with Crippen molar-refractivity contribution >= 4 is 23.3 Å². The SMILES string of the molecule is CCOC(=O)C1(Oc2cc(N)c(F)cc2Cl)CC1. The molecular weight excluding hydrogens is 261 g/mol. The van der Waals surface area contributed by atoms with E-state index >= 15 is 0 Å². The van der Waals surface area contributed by atoms with Crippen LogP contribution >= 0.6 is 11.6 Å². The largest absolute Gasteiger partial charge is 0.474 e. The molecule has 0 aliphatic heterocycles. The monoisotopic (exact) mass is 273 g/mol. The van der Waals surface area contributed by atoms with E-state index in [0.717, 1.165) is 6.07 Å². The van der Waals surface area contributed by atoms with Crippen LogP contribution in [0, 0.1) is 5.82 Å². The van der Waals surface area contributed by atoms with Gasteiger partial charge in [-0.1, -0.05) is 11.6 Å². The van der Waals surface area contributed by atoms with Crippen molar-refractivity contribution in [3.63, 3.8) is 0 Å². The van der Waals surface area contributed by atoms with Crippen molar-refractivity contribution in [2.45, 2.75) is 25.4 Å². The molecule has 98 valence electrons. The van der Waals surface area contributed by atoms with Crippen molar-refractivity contribution in [2.75, 3.05) is 12.3 Å². The van der Waals surface area contributed by atoms with Gasteiger partial charge in [0.2, 0.25) is 5.60 Å². The van der Waals surface area contributed by atoms with Gasteiger partial charge in [-0.2, -0.15) is 0 Å². The summed E-state index contributed by atoms with van der Waals surface area (Å²) in [5, 5.41) is 0.0808. The summed E-state index contributed by atoms with van der Waals surface area (Å²) in [6.45, 7) is 2.00. The lowest BCUT2D eigenvalue weighted by molar-refractivity contribution is -0.153. The molecule has 2 N–H and O–H groups in total. The topological polar surface area (TPSA) is 61.5 Å². The number of anilines is 1. The highest BCUT2D eigenvalue weighted by Gasteiger charge is 2.54. The van der Waals surface area contributed by atoms with E-state index in [-0.39, 0.29) is 23.1 Å². The molecule has 2 rings (SSSR count). The second-order valence-corrected chi connectivity index (χ2v) is 4.53. The number of carbonyl (C=O) groups is 1. The van der Waals surface area contributed by atoms with Crippen LogP contribution < -0.4 is 10.5 Å². The normalized spacial score (nSPS) is 16.2. The molecule has 0 aromatic heterocycles. The number of rotatable bonds is 4. The van der Waals surface area contributed by atoms with Crippen molar-refractivity contribution < 1.29 is 18.7 Å². The molecule has 18 heavy (non-hydrogen) atoms. The molecule has 1 aromatic rings. The molecule has 0 atom stereocenters. The molecule has 1 saturated carbocycles. The Morgan fingerprint density at radius 2 is 2.22 bits per heavy atom. The maximum absolute atomic E-state index is 13.1. The highest BCUT2D eigenvalue weighted by molar-refractivity contribution is 6.32. The number of hydrogen-bond acceptors (Lipinski definition) is 4. The number of carbonyl (C=O) groups excluding carboxylic acids is 1. The van der Waals surface area contributed by atoms with Gasteiger partial charge in [0.15, 0.2) is 0 Å². The Labute approximate surface area is 109 Å². The van der Waals surface area contributed by atoms with Gasteiger partial charge < -0.3 is 15.2 Å². The van der Waals surface area contributed by atoms with Crippen LogP contribution in [0.2, 0.25) is 5.02 Å². The van der Waals surface area contributed by atoms with Gasteiger partial charge in [-0.3, -0.25) is 0 Å². The fourth-order valence-electron chi connectivity index (χ4n) is 1.56. The first kappa shape index (κ1) is 13.0. The van der Waals surface area contributed by atoms with Gasteiger partial charge >= 0.3 is 5.97 Å². The van der Waals surface area contributed by atoms with Gasteiger partial charge in [0.05, 0.1) is 17.3 Å². The van der Waals surface area contributed by atoms with Crippen LogP contribution in [0.1, 0.15) is 19.8 Å². The van der Waals surface area contributed by atoms with Crippen LogP contribution in [0.3, 0.4) is 0 Å². The molecule has 0 radical (unpaired) electrons. The van der Waals surface area contributed by atoms with E-state index in [0.29, 0.717) is 12.8 Å². The number of nitrogen functional groups attached to an aromatic ring is 1. The zero-order chi connectivity index (χ0) is 13.3. The molecule has 0 unspecified atom stereocenters. The first-order valence-electron chi connectivity index (χ1n) is 5.59. The van der Waals surface area contributed by atoms with E-state index in [1.54, 1.807) is 6.92 Å². The lowest BCUT2D eigenvalue weighted by Gasteiger charge is -2.17. The lowest BCUT2D eigenvalue weighted by atomic mass is 10.2. The summed E-state index contributed by atoms with van der Waals surface area (Å²) in [5.41, 5.74) is 4.38. The van der Waals surface area contributed by atoms with E-state index < -0.39 is 17.4 Å². The highest BCUT2D eigenvalue weighted by Crippen LogP contribution is 2.43. The van der Waals surface area contributed by atoms with Crippen LogP contribution in [-0.2, 0) is 9.53 Å².